The molecule has 0 heterocycles. The van der Waals surface area contributed by atoms with E-state index in [2.05, 4.69) is 5.16 Å². The lowest BCUT2D eigenvalue weighted by Crippen LogP contribution is -1.98. The molecule has 1 aromatic carbocycles. The van der Waals surface area contributed by atoms with Crippen molar-refractivity contribution in [1.82, 2.24) is 0 Å². The molecule has 1 fully saturated rings. The van der Waals surface area contributed by atoms with Gasteiger partial charge in [0.25, 0.3) is 5.69 Å². The van der Waals surface area contributed by atoms with Crippen molar-refractivity contribution in [2.24, 2.45) is 5.16 Å². The summed E-state index contributed by atoms with van der Waals surface area (Å²) in [7, 11) is 0. The Morgan fingerprint density at radius 2 is 1.79 bits per heavy atom. The molecule has 0 bridgehead atoms. The Morgan fingerprint density at radius 3 is 2.37 bits per heavy atom. The van der Waals surface area contributed by atoms with Gasteiger partial charge in [0.2, 0.25) is 5.75 Å². The number of hydrogen-bond donors (Lipinski definition) is 0. The van der Waals surface area contributed by atoms with E-state index in [1.54, 1.807) is 0 Å². The number of nitro benzene ring substituents is 2. The second-order valence-electron chi connectivity index (χ2n) is 4.12. The average Bonchev–Trinajstić information content (AvgIpc) is 2.89. The van der Waals surface area contributed by atoms with Crippen LogP contribution in [0.4, 0.5) is 11.4 Å². The maximum Gasteiger partial charge on any atom is 0.321 e. The van der Waals surface area contributed by atoms with Crippen LogP contribution in [0.1, 0.15) is 25.7 Å². The number of benzene rings is 1. The van der Waals surface area contributed by atoms with Crippen molar-refractivity contribution < 1.29 is 14.7 Å². The second kappa shape index (κ2) is 5.42. The summed E-state index contributed by atoms with van der Waals surface area (Å²) in [6.07, 6.45) is 3.71. The third-order valence-electron chi connectivity index (χ3n) is 2.80. The fourth-order valence-corrected chi connectivity index (χ4v) is 1.83. The highest BCUT2D eigenvalue weighted by molar-refractivity contribution is 5.85. The van der Waals surface area contributed by atoms with Crippen LogP contribution in [0.3, 0.4) is 0 Å². The molecule has 0 unspecified atom stereocenters. The summed E-state index contributed by atoms with van der Waals surface area (Å²) in [6, 6.07) is 3.20. The summed E-state index contributed by atoms with van der Waals surface area (Å²) in [5, 5.41) is 25.3. The van der Waals surface area contributed by atoms with Gasteiger partial charge in [0.15, 0.2) is 0 Å². The maximum absolute atomic E-state index is 10.8. The molecule has 8 nitrogen and oxygen atoms in total. The van der Waals surface area contributed by atoms with Gasteiger partial charge in [-0.1, -0.05) is 5.16 Å². The molecule has 2 rings (SSSR count). The molecule has 1 saturated carbocycles. The number of non-ortho nitro benzene ring substituents is 1. The Kier molecular flexibility index (Phi) is 3.69. The van der Waals surface area contributed by atoms with Crippen molar-refractivity contribution in [3.63, 3.8) is 0 Å². The number of oxime groups is 1. The van der Waals surface area contributed by atoms with Gasteiger partial charge in [0.1, 0.15) is 0 Å². The molecule has 1 aliphatic carbocycles. The molecule has 1 aromatic rings. The fraction of sp³-hybridized carbons (Fsp3) is 0.364. The molecule has 8 heteroatoms. The van der Waals surface area contributed by atoms with Crippen LogP contribution >= 0.6 is 0 Å². The minimum absolute atomic E-state index is 0.0880. The summed E-state index contributed by atoms with van der Waals surface area (Å²) in [4.78, 5) is 25.0. The predicted molar refractivity (Wildman–Crippen MR) is 66.3 cm³/mol. The van der Waals surface area contributed by atoms with Crippen LogP contribution in [-0.2, 0) is 0 Å². The molecule has 0 aliphatic heterocycles. The van der Waals surface area contributed by atoms with E-state index in [1.165, 1.54) is 6.07 Å². The van der Waals surface area contributed by atoms with Crippen LogP contribution in [0.15, 0.2) is 23.4 Å². The van der Waals surface area contributed by atoms with Crippen LogP contribution in [0.5, 0.6) is 5.75 Å². The highest BCUT2D eigenvalue weighted by Gasteiger charge is 2.21. The molecule has 0 saturated heterocycles. The van der Waals surface area contributed by atoms with Crippen LogP contribution in [0.2, 0.25) is 0 Å². The normalized spacial score (nSPS) is 14.2. The Labute approximate surface area is 108 Å². The molecule has 0 N–H and O–H groups in total. The molecule has 1 aliphatic rings. The Bertz CT molecular complexity index is 547. The summed E-state index contributed by atoms with van der Waals surface area (Å²) < 4.78 is 0. The lowest BCUT2D eigenvalue weighted by molar-refractivity contribution is -0.394. The molecule has 100 valence electrons. The van der Waals surface area contributed by atoms with Crippen LogP contribution < -0.4 is 4.84 Å². The van der Waals surface area contributed by atoms with Crippen molar-refractivity contribution in [1.29, 1.82) is 0 Å². The second-order valence-corrected chi connectivity index (χ2v) is 4.12. The highest BCUT2D eigenvalue weighted by Crippen LogP contribution is 2.31. The minimum atomic E-state index is -0.725. The van der Waals surface area contributed by atoms with E-state index < -0.39 is 15.5 Å². The topological polar surface area (TPSA) is 108 Å². The highest BCUT2D eigenvalue weighted by atomic mass is 16.7. The average molecular weight is 265 g/mol. The predicted octanol–water partition coefficient (Wildman–Crippen LogP) is 2.81. The van der Waals surface area contributed by atoms with E-state index in [0.29, 0.717) is 0 Å². The third-order valence-corrected chi connectivity index (χ3v) is 2.80. The lowest BCUT2D eigenvalue weighted by Gasteiger charge is -2.01. The zero-order valence-corrected chi connectivity index (χ0v) is 9.94. The molecule has 0 amide bonds. The first-order chi connectivity index (χ1) is 9.08. The zero-order valence-electron chi connectivity index (χ0n) is 9.94. The zero-order chi connectivity index (χ0) is 13.8. The first kappa shape index (κ1) is 12.9. The van der Waals surface area contributed by atoms with E-state index in [-0.39, 0.29) is 11.4 Å². The van der Waals surface area contributed by atoms with Crippen molar-refractivity contribution in [3.05, 3.63) is 38.4 Å². The summed E-state index contributed by atoms with van der Waals surface area (Å²) in [6.45, 7) is 0. The maximum atomic E-state index is 10.8. The van der Waals surface area contributed by atoms with Gasteiger partial charge in [-0.15, -0.1) is 0 Å². The monoisotopic (exact) mass is 265 g/mol. The number of rotatable bonds is 4. The van der Waals surface area contributed by atoms with E-state index in [1.807, 2.05) is 0 Å². The first-order valence-corrected chi connectivity index (χ1v) is 5.73. The van der Waals surface area contributed by atoms with Crippen LogP contribution in [-0.4, -0.2) is 15.6 Å². The number of nitro groups is 2. The number of hydrogen-bond acceptors (Lipinski definition) is 6. The lowest BCUT2D eigenvalue weighted by atomic mass is 10.2. The van der Waals surface area contributed by atoms with Gasteiger partial charge in [0, 0.05) is 6.07 Å². The Morgan fingerprint density at radius 1 is 1.11 bits per heavy atom. The van der Waals surface area contributed by atoms with E-state index >= 15 is 0 Å². The smallest absolute Gasteiger partial charge is 0.321 e. The van der Waals surface area contributed by atoms with Crippen LogP contribution in [0, 0.1) is 20.2 Å². The molecule has 19 heavy (non-hydrogen) atoms. The fourth-order valence-electron chi connectivity index (χ4n) is 1.83. The van der Waals surface area contributed by atoms with Crippen molar-refractivity contribution in [2.75, 3.05) is 0 Å². The molecule has 0 spiro atoms. The van der Waals surface area contributed by atoms with Crippen molar-refractivity contribution in [3.8, 4) is 5.75 Å². The Hall–Kier alpha value is -2.51. The summed E-state index contributed by atoms with van der Waals surface area (Å²) in [5.41, 5.74) is 0.0387. The summed E-state index contributed by atoms with van der Waals surface area (Å²) in [5.74, 6) is -0.0880. The van der Waals surface area contributed by atoms with Crippen molar-refractivity contribution >= 4 is 17.1 Å². The van der Waals surface area contributed by atoms with Gasteiger partial charge in [-0.05, 0) is 31.7 Å². The van der Waals surface area contributed by atoms with Gasteiger partial charge < -0.3 is 4.84 Å². The van der Waals surface area contributed by atoms with E-state index in [0.717, 1.165) is 43.5 Å². The molecular weight excluding hydrogens is 254 g/mol. The van der Waals surface area contributed by atoms with Gasteiger partial charge in [0.05, 0.1) is 21.6 Å². The summed E-state index contributed by atoms with van der Waals surface area (Å²) >= 11 is 0. The van der Waals surface area contributed by atoms with Gasteiger partial charge in [-0.25, -0.2) is 0 Å². The van der Waals surface area contributed by atoms with E-state index in [4.69, 9.17) is 4.84 Å². The van der Waals surface area contributed by atoms with Crippen LogP contribution in [0.25, 0.3) is 0 Å². The van der Waals surface area contributed by atoms with Crippen molar-refractivity contribution in [2.45, 2.75) is 25.7 Å². The first-order valence-electron chi connectivity index (χ1n) is 5.73. The molecule has 0 aromatic heterocycles. The molecule has 0 atom stereocenters. The van der Waals surface area contributed by atoms with Gasteiger partial charge >= 0.3 is 5.69 Å². The minimum Gasteiger partial charge on any atom is -0.350 e. The largest absolute Gasteiger partial charge is 0.350 e. The SMILES string of the molecule is O=[N+]([O-])c1ccc(ON=C2CCCC2)c([N+](=O)[O-])c1. The number of nitrogens with zero attached hydrogens (tertiary/aromatic N) is 3. The molecular formula is C11H11N3O5. The van der Waals surface area contributed by atoms with E-state index in [9.17, 15) is 20.2 Å². The quantitative estimate of drug-likeness (QED) is 0.614. The van der Waals surface area contributed by atoms with Gasteiger partial charge in [-0.2, -0.15) is 0 Å². The van der Waals surface area contributed by atoms with Gasteiger partial charge in [-0.3, -0.25) is 20.2 Å². The Balaban J connectivity index is 2.26. The molecule has 0 radical (unpaired) electrons. The standard InChI is InChI=1S/C11H11N3O5/c15-13(16)9-5-6-11(10(7-9)14(17)18)19-12-8-3-1-2-4-8/h5-7H,1-4H2. The third kappa shape index (κ3) is 3.03.